The van der Waals surface area contributed by atoms with E-state index in [4.69, 9.17) is 0 Å². The van der Waals surface area contributed by atoms with Crippen LogP contribution in [-0.2, 0) is 0 Å². The molecule has 0 nitrogen and oxygen atoms in total. The first-order valence-electron chi connectivity index (χ1n) is 4.42. The maximum atomic E-state index is 2.90. The highest BCUT2D eigenvalue weighted by molar-refractivity contribution is 7.72. The van der Waals surface area contributed by atoms with Crippen LogP contribution >= 0.6 is 7.92 Å². The average molecular weight is 220 g/mol. The zero-order chi connectivity index (χ0) is 12.1. The average Bonchev–Trinajstić information content (AvgIpc) is 2.29. The van der Waals surface area contributed by atoms with Gasteiger partial charge < -0.3 is 0 Å². The molecule has 0 unspecified atom stereocenters. The van der Waals surface area contributed by atoms with E-state index in [0.717, 1.165) is 0 Å². The summed E-state index contributed by atoms with van der Waals surface area (Å²) in [5, 5.41) is 0. The summed E-state index contributed by atoms with van der Waals surface area (Å²) in [6.07, 6.45) is 0. The Balaban J connectivity index is 4.90. The summed E-state index contributed by atoms with van der Waals surface area (Å²) in [6, 6.07) is 0. The van der Waals surface area contributed by atoms with E-state index in [9.17, 15) is 0 Å². The maximum Gasteiger partial charge on any atom is 0.130 e. The van der Waals surface area contributed by atoms with Crippen LogP contribution in [0.15, 0.2) is 0 Å². The lowest BCUT2D eigenvalue weighted by Gasteiger charge is -1.84. The Labute approximate surface area is 99.3 Å². The largest absolute Gasteiger partial charge is 0.130 e. The van der Waals surface area contributed by atoms with Gasteiger partial charge in [0.15, 0.2) is 0 Å². The van der Waals surface area contributed by atoms with E-state index in [2.05, 4.69) is 70.3 Å². The maximum absolute atomic E-state index is 2.90. The molecule has 0 aromatic rings. The second kappa shape index (κ2) is 10.9. The minimum absolute atomic E-state index is 0.986. The standard InChI is InChI=1S/C15H9P/c1-4-7-10-13-16(14-11-8-5-2)15-12-9-6-3/h1-3H3. The van der Waals surface area contributed by atoms with E-state index in [-0.39, 0.29) is 0 Å². The van der Waals surface area contributed by atoms with Crippen LogP contribution in [0.5, 0.6) is 0 Å². The van der Waals surface area contributed by atoms with Gasteiger partial charge >= 0.3 is 0 Å². The third kappa shape index (κ3) is 8.39. The molecule has 0 aromatic carbocycles. The Morgan fingerprint density at radius 1 is 0.500 bits per heavy atom. The van der Waals surface area contributed by atoms with E-state index in [1.807, 2.05) is 0 Å². The molecule has 0 aliphatic heterocycles. The molecule has 0 N–H and O–H groups in total. The van der Waals surface area contributed by atoms with Crippen molar-refractivity contribution in [3.63, 3.8) is 0 Å². The summed E-state index contributed by atoms with van der Waals surface area (Å²) in [5.74, 6) is 24.2. The van der Waals surface area contributed by atoms with Gasteiger partial charge in [-0.25, -0.2) is 0 Å². The summed E-state index contributed by atoms with van der Waals surface area (Å²) in [4.78, 5) is 0. The van der Waals surface area contributed by atoms with Gasteiger partial charge in [-0.15, -0.1) is 0 Å². The summed E-state index contributed by atoms with van der Waals surface area (Å²) in [6.45, 7) is 5.21. The van der Waals surface area contributed by atoms with Crippen molar-refractivity contribution in [2.45, 2.75) is 20.8 Å². The Morgan fingerprint density at radius 3 is 1.06 bits per heavy atom. The summed E-state index contributed by atoms with van der Waals surface area (Å²) >= 11 is 0. The molecule has 0 aliphatic carbocycles. The summed E-state index contributed by atoms with van der Waals surface area (Å²) in [5.41, 5.74) is 8.69. The van der Waals surface area contributed by atoms with Crippen LogP contribution in [0.3, 0.4) is 0 Å². The van der Waals surface area contributed by atoms with Crippen molar-refractivity contribution in [3.8, 4) is 70.3 Å². The highest BCUT2D eigenvalue weighted by atomic mass is 31.1. The lowest BCUT2D eigenvalue weighted by atomic mass is 10.6. The SMILES string of the molecule is CC#CC#CP(C#CC#CC)C#CC#CC. The molecule has 0 saturated carbocycles. The molecule has 0 saturated heterocycles. The summed E-state index contributed by atoms with van der Waals surface area (Å²) in [7, 11) is -0.986. The molecule has 0 fully saturated rings. The quantitative estimate of drug-likeness (QED) is 0.434. The molecule has 0 aromatic heterocycles. The Morgan fingerprint density at radius 2 is 0.812 bits per heavy atom. The lowest BCUT2D eigenvalue weighted by molar-refractivity contribution is 1.92. The molecule has 0 aliphatic rings. The van der Waals surface area contributed by atoms with Gasteiger partial charge in [0.05, 0.1) is 0 Å². The van der Waals surface area contributed by atoms with Crippen molar-refractivity contribution in [1.82, 2.24) is 0 Å². The fraction of sp³-hybridized carbons (Fsp3) is 0.200. The molecule has 0 amide bonds. The molecule has 0 bridgehead atoms. The topological polar surface area (TPSA) is 0 Å². The highest BCUT2D eigenvalue weighted by Crippen LogP contribution is 2.29. The van der Waals surface area contributed by atoms with Gasteiger partial charge in [0.1, 0.15) is 7.92 Å². The van der Waals surface area contributed by atoms with Gasteiger partial charge in [0.2, 0.25) is 0 Å². The van der Waals surface area contributed by atoms with E-state index >= 15 is 0 Å². The first-order chi connectivity index (χ1) is 7.85. The number of hydrogen-bond acceptors (Lipinski definition) is 0. The predicted octanol–water partition coefficient (Wildman–Crippen LogP) is 2.42. The Kier molecular flexibility index (Phi) is 9.37. The minimum Gasteiger partial charge on any atom is -0.0925 e. The molecule has 0 atom stereocenters. The van der Waals surface area contributed by atoms with Crippen molar-refractivity contribution in [3.05, 3.63) is 0 Å². The van der Waals surface area contributed by atoms with Crippen LogP contribution in [0.1, 0.15) is 20.8 Å². The third-order valence-electron chi connectivity index (χ3n) is 1.07. The zero-order valence-electron chi connectivity index (χ0n) is 9.45. The second-order valence-electron chi connectivity index (χ2n) is 2.17. The zero-order valence-corrected chi connectivity index (χ0v) is 10.3. The number of rotatable bonds is 0. The number of hydrogen-bond donors (Lipinski definition) is 0. The van der Waals surface area contributed by atoms with Crippen molar-refractivity contribution in [1.29, 1.82) is 0 Å². The lowest BCUT2D eigenvalue weighted by Crippen LogP contribution is -1.61. The van der Waals surface area contributed by atoms with Crippen LogP contribution in [0.25, 0.3) is 0 Å². The van der Waals surface area contributed by atoms with Gasteiger partial charge in [-0.3, -0.25) is 0 Å². The van der Waals surface area contributed by atoms with Crippen LogP contribution in [0, 0.1) is 70.3 Å². The van der Waals surface area contributed by atoms with Gasteiger partial charge in [0, 0.05) is 0 Å². The van der Waals surface area contributed by atoms with Crippen LogP contribution < -0.4 is 0 Å². The first-order valence-corrected chi connectivity index (χ1v) is 5.76. The minimum atomic E-state index is -0.986. The fourth-order valence-corrected chi connectivity index (χ4v) is 1.19. The van der Waals surface area contributed by atoms with Crippen molar-refractivity contribution in [2.75, 3.05) is 0 Å². The van der Waals surface area contributed by atoms with E-state index < -0.39 is 7.92 Å². The fourth-order valence-electron chi connectivity index (χ4n) is 0.523. The van der Waals surface area contributed by atoms with E-state index in [0.29, 0.717) is 0 Å². The Hall–Kier alpha value is -2.21. The van der Waals surface area contributed by atoms with E-state index in [1.54, 1.807) is 20.8 Å². The molecular weight excluding hydrogens is 211 g/mol. The van der Waals surface area contributed by atoms with Crippen LogP contribution in [0.2, 0.25) is 0 Å². The first kappa shape index (κ1) is 13.8. The molecular formula is C15H9P. The Bertz CT molecular complexity index is 494. The molecule has 1 heteroatoms. The molecule has 0 spiro atoms. The highest BCUT2D eigenvalue weighted by Gasteiger charge is 1.91. The van der Waals surface area contributed by atoms with E-state index in [1.165, 1.54) is 0 Å². The van der Waals surface area contributed by atoms with Crippen molar-refractivity contribution < 1.29 is 0 Å². The smallest absolute Gasteiger partial charge is 0.0925 e. The van der Waals surface area contributed by atoms with Gasteiger partial charge in [0.25, 0.3) is 0 Å². The van der Waals surface area contributed by atoms with Crippen LogP contribution in [0.4, 0.5) is 0 Å². The second-order valence-corrected chi connectivity index (χ2v) is 3.51. The van der Waals surface area contributed by atoms with Crippen LogP contribution in [-0.4, -0.2) is 0 Å². The predicted molar refractivity (Wildman–Crippen MR) is 70.6 cm³/mol. The monoisotopic (exact) mass is 220 g/mol. The molecule has 0 radical (unpaired) electrons. The molecule has 0 heterocycles. The van der Waals surface area contributed by atoms with Crippen molar-refractivity contribution in [2.24, 2.45) is 0 Å². The summed E-state index contributed by atoms with van der Waals surface area (Å²) < 4.78 is 0. The normalized spacial score (nSPS) is 5.25. The molecule has 74 valence electrons. The molecule has 0 rings (SSSR count). The third-order valence-corrected chi connectivity index (χ3v) is 2.07. The van der Waals surface area contributed by atoms with Gasteiger partial charge in [-0.1, -0.05) is 17.8 Å². The molecule has 16 heavy (non-hydrogen) atoms. The van der Waals surface area contributed by atoms with Crippen molar-refractivity contribution >= 4 is 7.92 Å². The van der Waals surface area contributed by atoms with Gasteiger partial charge in [-0.05, 0) is 73.3 Å². The van der Waals surface area contributed by atoms with Gasteiger partial charge in [-0.2, -0.15) is 0 Å².